The molecular weight excluding hydrogens is 252 g/mol. The lowest BCUT2D eigenvalue weighted by atomic mass is 10.2. The van der Waals surface area contributed by atoms with Gasteiger partial charge >= 0.3 is 0 Å². The van der Waals surface area contributed by atoms with E-state index < -0.39 is 0 Å². The zero-order chi connectivity index (χ0) is 11.8. The van der Waals surface area contributed by atoms with Crippen molar-refractivity contribution in [2.45, 2.75) is 13.5 Å². The summed E-state index contributed by atoms with van der Waals surface area (Å²) in [5.74, 6) is 0. The van der Waals surface area contributed by atoms with Crippen LogP contribution in [0.25, 0.3) is 20.7 Å². The molecule has 0 N–H and O–H groups in total. The highest BCUT2D eigenvalue weighted by molar-refractivity contribution is 7.19. The lowest BCUT2D eigenvalue weighted by Crippen LogP contribution is -2.22. The van der Waals surface area contributed by atoms with E-state index in [1.165, 1.54) is 4.68 Å². The van der Waals surface area contributed by atoms with Gasteiger partial charge in [0, 0.05) is 6.54 Å². The first-order valence-corrected chi connectivity index (χ1v) is 7.09. The van der Waals surface area contributed by atoms with Crippen LogP contribution in [-0.2, 0) is 6.54 Å². The smallest absolute Gasteiger partial charge is 0.267 e. The van der Waals surface area contributed by atoms with E-state index in [9.17, 15) is 4.79 Å². The molecule has 0 atom stereocenters. The number of nitrogens with zero attached hydrogens (tertiary/aromatic N) is 2. The predicted molar refractivity (Wildman–Crippen MR) is 72.9 cm³/mol. The second-order valence-corrected chi connectivity index (χ2v) is 5.47. The van der Waals surface area contributed by atoms with Gasteiger partial charge in [0.05, 0.1) is 15.0 Å². The standard InChI is InChI=1S/C12H10N2OS2/c1-2-14-12(15)8-5-7-17-11(8)10(13-14)9-4-3-6-16-9/h3-7H,2H2,1H3. The minimum Gasteiger partial charge on any atom is -0.267 e. The molecule has 3 heterocycles. The van der Waals surface area contributed by atoms with Crippen molar-refractivity contribution in [1.82, 2.24) is 9.78 Å². The Balaban J connectivity index is 2.42. The molecule has 86 valence electrons. The second kappa shape index (κ2) is 4.09. The average molecular weight is 262 g/mol. The van der Waals surface area contributed by atoms with Crippen LogP contribution in [0.4, 0.5) is 0 Å². The molecule has 0 spiro atoms. The van der Waals surface area contributed by atoms with Gasteiger partial charge < -0.3 is 0 Å². The molecule has 3 aromatic rings. The Labute approximate surface area is 106 Å². The van der Waals surface area contributed by atoms with Crippen LogP contribution in [-0.4, -0.2) is 9.78 Å². The number of aromatic nitrogens is 2. The van der Waals surface area contributed by atoms with Crippen LogP contribution in [0.3, 0.4) is 0 Å². The quantitative estimate of drug-likeness (QED) is 0.711. The van der Waals surface area contributed by atoms with Crippen LogP contribution >= 0.6 is 22.7 Å². The number of thiophene rings is 2. The van der Waals surface area contributed by atoms with Gasteiger partial charge in [-0.25, -0.2) is 4.68 Å². The third-order valence-corrected chi connectivity index (χ3v) is 4.42. The molecule has 0 aromatic carbocycles. The molecule has 3 aromatic heterocycles. The highest BCUT2D eigenvalue weighted by Crippen LogP contribution is 2.31. The molecule has 0 aliphatic rings. The van der Waals surface area contributed by atoms with Gasteiger partial charge in [0.1, 0.15) is 5.69 Å². The van der Waals surface area contributed by atoms with E-state index in [-0.39, 0.29) is 5.56 Å². The van der Waals surface area contributed by atoms with Crippen molar-refractivity contribution < 1.29 is 0 Å². The van der Waals surface area contributed by atoms with E-state index in [1.54, 1.807) is 22.7 Å². The van der Waals surface area contributed by atoms with Crippen molar-refractivity contribution in [2.75, 3.05) is 0 Å². The van der Waals surface area contributed by atoms with Gasteiger partial charge in [-0.3, -0.25) is 4.79 Å². The number of rotatable bonds is 2. The Kier molecular flexibility index (Phi) is 2.57. The summed E-state index contributed by atoms with van der Waals surface area (Å²) in [5.41, 5.74) is 0.926. The van der Waals surface area contributed by atoms with Crippen molar-refractivity contribution >= 4 is 32.8 Å². The maximum absolute atomic E-state index is 12.1. The first-order chi connectivity index (χ1) is 8.31. The van der Waals surface area contributed by atoms with E-state index in [0.717, 1.165) is 20.7 Å². The number of hydrogen-bond acceptors (Lipinski definition) is 4. The predicted octanol–water partition coefficient (Wildman–Crippen LogP) is 3.21. The first kappa shape index (κ1) is 10.7. The molecule has 3 nitrogen and oxygen atoms in total. The van der Waals surface area contributed by atoms with Crippen LogP contribution in [0.1, 0.15) is 6.92 Å². The van der Waals surface area contributed by atoms with Crippen molar-refractivity contribution in [3.63, 3.8) is 0 Å². The third-order valence-electron chi connectivity index (χ3n) is 2.62. The largest absolute Gasteiger partial charge is 0.275 e. The molecular formula is C12H10N2OS2. The fourth-order valence-corrected chi connectivity index (χ4v) is 3.47. The van der Waals surface area contributed by atoms with Gasteiger partial charge in [0.15, 0.2) is 0 Å². The summed E-state index contributed by atoms with van der Waals surface area (Å²) in [5, 5.41) is 9.21. The summed E-state index contributed by atoms with van der Waals surface area (Å²) in [6.45, 7) is 2.54. The van der Waals surface area contributed by atoms with Crippen LogP contribution in [0.15, 0.2) is 33.8 Å². The summed E-state index contributed by atoms with van der Waals surface area (Å²) in [6, 6.07) is 5.92. The van der Waals surface area contributed by atoms with Crippen LogP contribution in [0.5, 0.6) is 0 Å². The Bertz CT molecular complexity index is 710. The minimum atomic E-state index is 0.00376. The Morgan fingerprint density at radius 3 is 2.88 bits per heavy atom. The number of aryl methyl sites for hydroxylation is 1. The molecule has 0 saturated carbocycles. The molecule has 0 saturated heterocycles. The van der Waals surface area contributed by atoms with Gasteiger partial charge in [-0.05, 0) is 29.8 Å². The molecule has 0 bridgehead atoms. The van der Waals surface area contributed by atoms with E-state index >= 15 is 0 Å². The Morgan fingerprint density at radius 2 is 2.18 bits per heavy atom. The molecule has 0 aliphatic carbocycles. The van der Waals surface area contributed by atoms with E-state index in [1.807, 2.05) is 35.9 Å². The van der Waals surface area contributed by atoms with Crippen LogP contribution in [0, 0.1) is 0 Å². The summed E-state index contributed by atoms with van der Waals surface area (Å²) < 4.78 is 2.52. The third kappa shape index (κ3) is 1.62. The number of fused-ring (bicyclic) bond motifs is 1. The van der Waals surface area contributed by atoms with E-state index in [2.05, 4.69) is 5.10 Å². The molecule has 3 rings (SSSR count). The average Bonchev–Trinajstić information content (AvgIpc) is 3.00. The zero-order valence-electron chi connectivity index (χ0n) is 9.21. The minimum absolute atomic E-state index is 0.00376. The van der Waals surface area contributed by atoms with Crippen molar-refractivity contribution in [3.05, 3.63) is 39.3 Å². The van der Waals surface area contributed by atoms with Gasteiger partial charge in [-0.2, -0.15) is 5.10 Å². The molecule has 0 unspecified atom stereocenters. The van der Waals surface area contributed by atoms with Crippen LogP contribution < -0.4 is 5.56 Å². The fourth-order valence-electron chi connectivity index (χ4n) is 1.80. The normalized spacial score (nSPS) is 11.1. The van der Waals surface area contributed by atoms with Gasteiger partial charge in [-0.1, -0.05) is 6.07 Å². The topological polar surface area (TPSA) is 34.9 Å². The Hall–Kier alpha value is -1.46. The molecule has 17 heavy (non-hydrogen) atoms. The highest BCUT2D eigenvalue weighted by Gasteiger charge is 2.13. The summed E-state index contributed by atoms with van der Waals surface area (Å²) >= 11 is 3.22. The van der Waals surface area contributed by atoms with Gasteiger partial charge in [0.25, 0.3) is 5.56 Å². The second-order valence-electron chi connectivity index (χ2n) is 3.61. The Morgan fingerprint density at radius 1 is 1.29 bits per heavy atom. The summed E-state index contributed by atoms with van der Waals surface area (Å²) in [4.78, 5) is 13.2. The molecule has 0 aliphatic heterocycles. The lowest BCUT2D eigenvalue weighted by Gasteiger charge is -2.04. The fraction of sp³-hybridized carbons (Fsp3) is 0.167. The molecule has 0 fully saturated rings. The van der Waals surface area contributed by atoms with Crippen LogP contribution in [0.2, 0.25) is 0 Å². The summed E-state index contributed by atoms with van der Waals surface area (Å²) in [6.07, 6.45) is 0. The highest BCUT2D eigenvalue weighted by atomic mass is 32.1. The monoisotopic (exact) mass is 262 g/mol. The molecule has 5 heteroatoms. The first-order valence-electron chi connectivity index (χ1n) is 5.33. The number of hydrogen-bond donors (Lipinski definition) is 0. The SMILES string of the molecule is CCn1nc(-c2cccs2)c2sccc2c1=O. The molecule has 0 radical (unpaired) electrons. The van der Waals surface area contributed by atoms with E-state index in [4.69, 9.17) is 0 Å². The zero-order valence-corrected chi connectivity index (χ0v) is 10.8. The molecule has 0 amide bonds. The van der Waals surface area contributed by atoms with Crippen molar-refractivity contribution in [1.29, 1.82) is 0 Å². The maximum atomic E-state index is 12.1. The van der Waals surface area contributed by atoms with Crippen molar-refractivity contribution in [2.24, 2.45) is 0 Å². The van der Waals surface area contributed by atoms with Gasteiger partial charge in [0.2, 0.25) is 0 Å². The van der Waals surface area contributed by atoms with Crippen molar-refractivity contribution in [3.8, 4) is 10.6 Å². The summed E-state index contributed by atoms with van der Waals surface area (Å²) in [7, 11) is 0. The van der Waals surface area contributed by atoms with E-state index in [0.29, 0.717) is 6.54 Å². The lowest BCUT2D eigenvalue weighted by molar-refractivity contribution is 0.627. The van der Waals surface area contributed by atoms with Gasteiger partial charge in [-0.15, -0.1) is 22.7 Å². The maximum Gasteiger partial charge on any atom is 0.275 e.